The monoisotopic (exact) mass is 410 g/mol. The predicted molar refractivity (Wildman–Crippen MR) is 125 cm³/mol. The lowest BCUT2D eigenvalue weighted by molar-refractivity contribution is 0.0943. The Labute approximate surface area is 182 Å². The van der Waals surface area contributed by atoms with Gasteiger partial charge >= 0.3 is 0 Å². The van der Waals surface area contributed by atoms with Gasteiger partial charge in [-0.2, -0.15) is 0 Å². The number of rotatable bonds is 7. The van der Waals surface area contributed by atoms with E-state index in [-0.39, 0.29) is 11.9 Å². The van der Waals surface area contributed by atoms with Crippen LogP contribution in [0.5, 0.6) is 0 Å². The molecule has 0 radical (unpaired) electrons. The standard InChI is InChI=1S/C26H26N4O/c1-30(2)21(16-19-8-4-3-5-9-19)18-28-26(31)23-17-25(20-12-14-27-15-13-20)29-24-11-7-6-10-22(23)24/h3-15,17,21H,16,18H2,1-2H3,(H,28,31). The van der Waals surface area contributed by atoms with Gasteiger partial charge in [0.2, 0.25) is 0 Å². The largest absolute Gasteiger partial charge is 0.350 e. The minimum absolute atomic E-state index is 0.0891. The molecule has 156 valence electrons. The van der Waals surface area contributed by atoms with E-state index in [1.165, 1.54) is 5.56 Å². The van der Waals surface area contributed by atoms with Crippen LogP contribution in [-0.2, 0) is 6.42 Å². The fraction of sp³-hybridized carbons (Fsp3) is 0.192. The molecule has 0 bridgehead atoms. The molecule has 2 aromatic heterocycles. The molecule has 2 heterocycles. The zero-order valence-corrected chi connectivity index (χ0v) is 17.8. The molecule has 0 saturated carbocycles. The first-order valence-corrected chi connectivity index (χ1v) is 10.4. The highest BCUT2D eigenvalue weighted by Gasteiger charge is 2.17. The number of carbonyl (C=O) groups is 1. The number of fused-ring (bicyclic) bond motifs is 1. The van der Waals surface area contributed by atoms with Gasteiger partial charge in [-0.3, -0.25) is 9.78 Å². The normalized spacial score (nSPS) is 12.1. The summed E-state index contributed by atoms with van der Waals surface area (Å²) in [6.07, 6.45) is 4.34. The number of pyridine rings is 2. The van der Waals surface area contributed by atoms with Crippen LogP contribution in [-0.4, -0.2) is 47.5 Å². The zero-order valence-electron chi connectivity index (χ0n) is 17.8. The van der Waals surface area contributed by atoms with Crippen molar-refractivity contribution < 1.29 is 4.79 Å². The quantitative estimate of drug-likeness (QED) is 0.496. The maximum absolute atomic E-state index is 13.3. The number of hydrogen-bond acceptors (Lipinski definition) is 4. The van der Waals surface area contributed by atoms with Crippen LogP contribution in [0, 0.1) is 0 Å². The Kier molecular flexibility index (Phi) is 6.34. The van der Waals surface area contributed by atoms with Crippen LogP contribution in [0.1, 0.15) is 15.9 Å². The number of hydrogen-bond donors (Lipinski definition) is 1. The van der Waals surface area contributed by atoms with Gasteiger partial charge in [0, 0.05) is 35.9 Å². The van der Waals surface area contributed by atoms with Crippen LogP contribution in [0.2, 0.25) is 0 Å². The van der Waals surface area contributed by atoms with E-state index >= 15 is 0 Å². The van der Waals surface area contributed by atoms with Gasteiger partial charge in [-0.15, -0.1) is 0 Å². The van der Waals surface area contributed by atoms with Crippen LogP contribution in [0.3, 0.4) is 0 Å². The van der Waals surface area contributed by atoms with Crippen molar-refractivity contribution in [2.45, 2.75) is 12.5 Å². The van der Waals surface area contributed by atoms with Gasteiger partial charge in [0.05, 0.1) is 16.8 Å². The summed E-state index contributed by atoms with van der Waals surface area (Å²) < 4.78 is 0. The number of nitrogens with one attached hydrogen (secondary N) is 1. The molecule has 0 fully saturated rings. The van der Waals surface area contributed by atoms with E-state index in [0.717, 1.165) is 28.6 Å². The average Bonchev–Trinajstić information content (AvgIpc) is 2.82. The summed E-state index contributed by atoms with van der Waals surface area (Å²) in [7, 11) is 4.09. The molecule has 5 heteroatoms. The zero-order chi connectivity index (χ0) is 21.6. The van der Waals surface area contributed by atoms with Gasteiger partial charge in [-0.05, 0) is 50.3 Å². The lowest BCUT2D eigenvalue weighted by atomic mass is 10.0. The van der Waals surface area contributed by atoms with Crippen molar-refractivity contribution >= 4 is 16.8 Å². The number of nitrogens with zero attached hydrogens (tertiary/aromatic N) is 3. The van der Waals surface area contributed by atoms with Gasteiger partial charge < -0.3 is 10.2 Å². The molecule has 4 rings (SSSR count). The first-order chi connectivity index (χ1) is 15.1. The van der Waals surface area contributed by atoms with Crippen molar-refractivity contribution in [3.05, 3.63) is 96.3 Å². The number of amides is 1. The Morgan fingerprint density at radius 2 is 1.68 bits per heavy atom. The number of carbonyl (C=O) groups excluding carboxylic acids is 1. The second-order valence-corrected chi connectivity index (χ2v) is 7.83. The first kappa shape index (κ1) is 20.7. The molecule has 1 N–H and O–H groups in total. The summed E-state index contributed by atoms with van der Waals surface area (Å²) in [5, 5.41) is 4.00. The Balaban J connectivity index is 1.59. The van der Waals surface area contributed by atoms with Gasteiger partial charge in [-0.25, -0.2) is 4.98 Å². The molecule has 1 atom stereocenters. The minimum Gasteiger partial charge on any atom is -0.350 e. The molecule has 0 aliphatic heterocycles. The fourth-order valence-electron chi connectivity index (χ4n) is 3.66. The summed E-state index contributed by atoms with van der Waals surface area (Å²) in [5.74, 6) is -0.0891. The highest BCUT2D eigenvalue weighted by atomic mass is 16.1. The maximum Gasteiger partial charge on any atom is 0.252 e. The van der Waals surface area contributed by atoms with Crippen molar-refractivity contribution in [2.24, 2.45) is 0 Å². The van der Waals surface area contributed by atoms with Crippen molar-refractivity contribution in [2.75, 3.05) is 20.6 Å². The van der Waals surface area contributed by atoms with E-state index < -0.39 is 0 Å². The summed E-state index contributed by atoms with van der Waals surface area (Å²) in [4.78, 5) is 24.2. The van der Waals surface area contributed by atoms with Gasteiger partial charge in [0.15, 0.2) is 0 Å². The second kappa shape index (κ2) is 9.49. The number of aromatic nitrogens is 2. The summed E-state index contributed by atoms with van der Waals surface area (Å²) in [5.41, 5.74) is 4.39. The molecule has 5 nitrogen and oxygen atoms in total. The van der Waals surface area contributed by atoms with E-state index in [0.29, 0.717) is 12.1 Å². The molecule has 1 amide bonds. The van der Waals surface area contributed by atoms with Crippen LogP contribution in [0.4, 0.5) is 0 Å². The van der Waals surface area contributed by atoms with Crippen LogP contribution in [0.15, 0.2) is 85.2 Å². The number of para-hydroxylation sites is 1. The average molecular weight is 411 g/mol. The fourth-order valence-corrected chi connectivity index (χ4v) is 3.66. The third-order valence-corrected chi connectivity index (χ3v) is 5.48. The molecular weight excluding hydrogens is 384 g/mol. The topological polar surface area (TPSA) is 58.1 Å². The Morgan fingerprint density at radius 1 is 0.968 bits per heavy atom. The molecule has 2 aromatic carbocycles. The van der Waals surface area contributed by atoms with Crippen LogP contribution < -0.4 is 5.32 Å². The van der Waals surface area contributed by atoms with E-state index in [4.69, 9.17) is 4.98 Å². The molecule has 31 heavy (non-hydrogen) atoms. The van der Waals surface area contributed by atoms with Crippen molar-refractivity contribution in [1.29, 1.82) is 0 Å². The van der Waals surface area contributed by atoms with E-state index in [2.05, 4.69) is 27.3 Å². The van der Waals surface area contributed by atoms with Gasteiger partial charge in [-0.1, -0.05) is 48.5 Å². The Bertz CT molecular complexity index is 1160. The third-order valence-electron chi connectivity index (χ3n) is 5.48. The van der Waals surface area contributed by atoms with E-state index in [9.17, 15) is 4.79 Å². The van der Waals surface area contributed by atoms with E-state index in [1.54, 1.807) is 12.4 Å². The SMILES string of the molecule is CN(C)C(CNC(=O)c1cc(-c2ccncc2)nc2ccccc12)Cc1ccccc1. The summed E-state index contributed by atoms with van der Waals surface area (Å²) in [6, 6.07) is 24.0. The lowest BCUT2D eigenvalue weighted by Crippen LogP contribution is -2.41. The molecule has 0 spiro atoms. The van der Waals surface area contributed by atoms with Gasteiger partial charge in [0.25, 0.3) is 5.91 Å². The van der Waals surface area contributed by atoms with Gasteiger partial charge in [0.1, 0.15) is 0 Å². The molecule has 0 saturated heterocycles. The summed E-state index contributed by atoms with van der Waals surface area (Å²) in [6.45, 7) is 0.558. The maximum atomic E-state index is 13.3. The summed E-state index contributed by atoms with van der Waals surface area (Å²) >= 11 is 0. The lowest BCUT2D eigenvalue weighted by Gasteiger charge is -2.25. The van der Waals surface area contributed by atoms with E-state index in [1.807, 2.05) is 74.8 Å². The third kappa shape index (κ3) is 4.95. The highest BCUT2D eigenvalue weighted by Crippen LogP contribution is 2.24. The van der Waals surface area contributed by atoms with Crippen LogP contribution >= 0.6 is 0 Å². The number of benzene rings is 2. The Morgan fingerprint density at radius 3 is 2.42 bits per heavy atom. The number of likely N-dealkylation sites (N-methyl/N-ethyl adjacent to an activating group) is 1. The smallest absolute Gasteiger partial charge is 0.252 e. The molecular formula is C26H26N4O. The second-order valence-electron chi connectivity index (χ2n) is 7.83. The highest BCUT2D eigenvalue weighted by molar-refractivity contribution is 6.07. The Hall–Kier alpha value is -3.57. The van der Waals surface area contributed by atoms with Crippen molar-refractivity contribution in [3.63, 3.8) is 0 Å². The molecule has 0 aliphatic rings. The predicted octanol–water partition coefficient (Wildman–Crippen LogP) is 4.20. The van der Waals surface area contributed by atoms with Crippen LogP contribution in [0.25, 0.3) is 22.2 Å². The van der Waals surface area contributed by atoms with Crippen molar-refractivity contribution in [1.82, 2.24) is 20.2 Å². The first-order valence-electron chi connectivity index (χ1n) is 10.4. The molecule has 4 aromatic rings. The molecule has 0 aliphatic carbocycles. The molecule has 1 unspecified atom stereocenters. The minimum atomic E-state index is -0.0891. The van der Waals surface area contributed by atoms with Crippen molar-refractivity contribution in [3.8, 4) is 11.3 Å².